The number of nitrogens with one attached hydrogen (secondary N) is 1. The van der Waals surface area contributed by atoms with Crippen LogP contribution in [0.3, 0.4) is 0 Å². The van der Waals surface area contributed by atoms with Gasteiger partial charge < -0.3 is 5.32 Å². The highest BCUT2D eigenvalue weighted by Gasteiger charge is 2.15. The molecule has 0 aliphatic carbocycles. The van der Waals surface area contributed by atoms with Crippen LogP contribution < -0.4 is 5.32 Å². The van der Waals surface area contributed by atoms with Gasteiger partial charge in [0.15, 0.2) is 9.84 Å². The summed E-state index contributed by atoms with van der Waals surface area (Å²) in [6.07, 6.45) is 1.09. The summed E-state index contributed by atoms with van der Waals surface area (Å²) in [5.41, 5.74) is 4.03. The van der Waals surface area contributed by atoms with Crippen LogP contribution in [0.1, 0.15) is 15.9 Å². The average Bonchev–Trinajstić information content (AvgIpc) is 2.61. The summed E-state index contributed by atoms with van der Waals surface area (Å²) in [4.78, 5) is 12.6. The molecule has 1 amide bonds. The zero-order chi connectivity index (χ0) is 19.6. The van der Waals surface area contributed by atoms with Crippen molar-refractivity contribution < 1.29 is 13.2 Å². The van der Waals surface area contributed by atoms with Gasteiger partial charge in [-0.05, 0) is 48.4 Å². The summed E-state index contributed by atoms with van der Waals surface area (Å²) in [6.45, 7) is 2.03. The van der Waals surface area contributed by atoms with E-state index in [-0.39, 0.29) is 15.5 Å². The molecule has 0 saturated carbocycles. The summed E-state index contributed by atoms with van der Waals surface area (Å²) in [5.74, 6) is -0.401. The van der Waals surface area contributed by atoms with Crippen molar-refractivity contribution in [1.82, 2.24) is 0 Å². The Morgan fingerprint density at radius 1 is 0.926 bits per heavy atom. The van der Waals surface area contributed by atoms with Crippen LogP contribution in [0.25, 0.3) is 11.1 Å². The van der Waals surface area contributed by atoms with Crippen molar-refractivity contribution in [2.24, 2.45) is 0 Å². The Morgan fingerprint density at radius 2 is 1.59 bits per heavy atom. The molecule has 0 heterocycles. The van der Waals surface area contributed by atoms with Gasteiger partial charge in [0, 0.05) is 11.9 Å². The molecule has 3 aromatic carbocycles. The molecule has 0 aliphatic rings. The third kappa shape index (κ3) is 4.56. The number of sulfone groups is 1. The molecule has 0 fully saturated rings. The van der Waals surface area contributed by atoms with Crippen molar-refractivity contribution in [2.75, 3.05) is 11.6 Å². The van der Waals surface area contributed by atoms with Crippen LogP contribution in [0.2, 0.25) is 5.02 Å². The van der Waals surface area contributed by atoms with Gasteiger partial charge in [-0.15, -0.1) is 0 Å². The highest BCUT2D eigenvalue weighted by atomic mass is 35.5. The van der Waals surface area contributed by atoms with Crippen molar-refractivity contribution in [3.05, 3.63) is 82.9 Å². The first-order valence-corrected chi connectivity index (χ1v) is 10.5. The minimum Gasteiger partial charge on any atom is -0.322 e. The monoisotopic (exact) mass is 399 g/mol. The molecule has 27 heavy (non-hydrogen) atoms. The molecule has 0 saturated heterocycles. The molecular formula is C21H18ClNO3S. The minimum absolute atomic E-state index is 0.0745. The predicted octanol–water partition coefficient (Wildman–Crippen LogP) is 4.97. The first-order valence-electron chi connectivity index (χ1n) is 8.22. The Balaban J connectivity index is 1.86. The van der Waals surface area contributed by atoms with E-state index in [1.54, 1.807) is 6.07 Å². The summed E-state index contributed by atoms with van der Waals surface area (Å²) in [6, 6.07) is 19.7. The molecule has 0 spiro atoms. The standard InChI is InChI=1S/C21H18ClNO3S/c1-14-5-3-6-15(11-14)16-7-4-8-17(12-16)23-21(24)19-10-9-18(13-20(19)22)27(2,25)26/h3-13H,1-2H3,(H,23,24). The second-order valence-corrected chi connectivity index (χ2v) is 8.74. The molecule has 1 N–H and O–H groups in total. The number of rotatable bonds is 4. The van der Waals surface area contributed by atoms with Gasteiger partial charge >= 0.3 is 0 Å². The normalized spacial score (nSPS) is 11.2. The zero-order valence-electron chi connectivity index (χ0n) is 14.9. The molecular weight excluding hydrogens is 382 g/mol. The summed E-state index contributed by atoms with van der Waals surface area (Å²) < 4.78 is 23.2. The molecule has 0 aliphatic heterocycles. The van der Waals surface area contributed by atoms with Gasteiger partial charge in [0.1, 0.15) is 0 Å². The predicted molar refractivity (Wildman–Crippen MR) is 109 cm³/mol. The van der Waals surface area contributed by atoms with Gasteiger partial charge in [0.05, 0.1) is 15.5 Å². The first kappa shape index (κ1) is 19.1. The number of carbonyl (C=O) groups excluding carboxylic acids is 1. The van der Waals surface area contributed by atoms with Gasteiger partial charge in [0.25, 0.3) is 5.91 Å². The van der Waals surface area contributed by atoms with E-state index in [2.05, 4.69) is 11.4 Å². The molecule has 6 heteroatoms. The number of hydrogen-bond donors (Lipinski definition) is 1. The van der Waals surface area contributed by atoms with Crippen LogP contribution in [0.15, 0.2) is 71.6 Å². The van der Waals surface area contributed by atoms with Crippen LogP contribution in [-0.2, 0) is 9.84 Å². The highest BCUT2D eigenvalue weighted by molar-refractivity contribution is 7.90. The van der Waals surface area contributed by atoms with Crippen LogP contribution in [-0.4, -0.2) is 20.6 Å². The average molecular weight is 400 g/mol. The Labute approximate surface area is 163 Å². The molecule has 138 valence electrons. The molecule has 0 atom stereocenters. The molecule has 0 bridgehead atoms. The second-order valence-electron chi connectivity index (χ2n) is 6.32. The van der Waals surface area contributed by atoms with Crippen molar-refractivity contribution in [1.29, 1.82) is 0 Å². The van der Waals surface area contributed by atoms with E-state index in [4.69, 9.17) is 11.6 Å². The molecule has 4 nitrogen and oxygen atoms in total. The zero-order valence-corrected chi connectivity index (χ0v) is 16.4. The number of carbonyl (C=O) groups is 1. The van der Waals surface area contributed by atoms with Crippen molar-refractivity contribution >= 4 is 33.0 Å². The number of amides is 1. The largest absolute Gasteiger partial charge is 0.322 e. The number of aryl methyl sites for hydroxylation is 1. The fourth-order valence-corrected chi connectivity index (χ4v) is 3.69. The lowest BCUT2D eigenvalue weighted by molar-refractivity contribution is 0.102. The third-order valence-electron chi connectivity index (χ3n) is 4.09. The summed E-state index contributed by atoms with van der Waals surface area (Å²) in [7, 11) is -3.38. The summed E-state index contributed by atoms with van der Waals surface area (Å²) >= 11 is 6.12. The van der Waals surface area contributed by atoms with E-state index in [9.17, 15) is 13.2 Å². The van der Waals surface area contributed by atoms with Gasteiger partial charge in [0.2, 0.25) is 0 Å². The Hall–Kier alpha value is -2.63. The fraction of sp³-hybridized carbons (Fsp3) is 0.0952. The Kier molecular flexibility index (Phi) is 5.35. The van der Waals surface area contributed by atoms with Gasteiger partial charge in [-0.25, -0.2) is 8.42 Å². The van der Waals surface area contributed by atoms with Gasteiger partial charge in [-0.2, -0.15) is 0 Å². The SMILES string of the molecule is Cc1cccc(-c2cccc(NC(=O)c3ccc(S(C)(=O)=O)cc3Cl)c2)c1. The van der Waals surface area contributed by atoms with E-state index in [1.807, 2.05) is 43.3 Å². The van der Waals surface area contributed by atoms with E-state index in [1.165, 1.54) is 18.2 Å². The van der Waals surface area contributed by atoms with Crippen LogP contribution in [0.4, 0.5) is 5.69 Å². The van der Waals surface area contributed by atoms with Crippen molar-refractivity contribution in [2.45, 2.75) is 11.8 Å². The lowest BCUT2D eigenvalue weighted by Gasteiger charge is -2.10. The van der Waals surface area contributed by atoms with E-state index < -0.39 is 15.7 Å². The molecule has 0 aromatic heterocycles. The third-order valence-corrected chi connectivity index (χ3v) is 5.51. The van der Waals surface area contributed by atoms with Crippen LogP contribution in [0.5, 0.6) is 0 Å². The quantitative estimate of drug-likeness (QED) is 0.673. The minimum atomic E-state index is -3.38. The van der Waals surface area contributed by atoms with Gasteiger partial charge in [-0.1, -0.05) is 53.6 Å². The second kappa shape index (κ2) is 7.55. The number of halogens is 1. The van der Waals surface area contributed by atoms with Crippen LogP contribution >= 0.6 is 11.6 Å². The maximum absolute atomic E-state index is 12.6. The Bertz CT molecular complexity index is 1120. The van der Waals surface area contributed by atoms with Crippen molar-refractivity contribution in [3.8, 4) is 11.1 Å². The van der Waals surface area contributed by atoms with Crippen molar-refractivity contribution in [3.63, 3.8) is 0 Å². The maximum Gasteiger partial charge on any atom is 0.257 e. The van der Waals surface area contributed by atoms with E-state index >= 15 is 0 Å². The lowest BCUT2D eigenvalue weighted by atomic mass is 10.0. The fourth-order valence-electron chi connectivity index (χ4n) is 2.71. The van der Waals surface area contributed by atoms with Gasteiger partial charge in [-0.3, -0.25) is 4.79 Å². The Morgan fingerprint density at radius 3 is 2.22 bits per heavy atom. The number of anilines is 1. The molecule has 3 aromatic rings. The van der Waals surface area contributed by atoms with E-state index in [0.29, 0.717) is 5.69 Å². The van der Waals surface area contributed by atoms with Crippen LogP contribution in [0, 0.1) is 6.92 Å². The highest BCUT2D eigenvalue weighted by Crippen LogP contribution is 2.25. The lowest BCUT2D eigenvalue weighted by Crippen LogP contribution is -2.13. The molecule has 0 radical (unpaired) electrons. The summed E-state index contributed by atoms with van der Waals surface area (Å²) in [5, 5.41) is 2.90. The number of hydrogen-bond acceptors (Lipinski definition) is 3. The smallest absolute Gasteiger partial charge is 0.257 e. The topological polar surface area (TPSA) is 63.2 Å². The number of benzene rings is 3. The molecule has 0 unspecified atom stereocenters. The first-order chi connectivity index (χ1) is 12.7. The van der Waals surface area contributed by atoms with E-state index in [0.717, 1.165) is 22.9 Å². The maximum atomic E-state index is 12.6. The molecule has 3 rings (SSSR count).